The molecule has 0 unspecified atom stereocenters. The van der Waals surface area contributed by atoms with Crippen molar-refractivity contribution < 1.29 is 23.8 Å². The summed E-state index contributed by atoms with van der Waals surface area (Å²) < 4.78 is 17.9. The zero-order valence-corrected chi connectivity index (χ0v) is 24.8. The van der Waals surface area contributed by atoms with E-state index in [1.165, 1.54) is 0 Å². The van der Waals surface area contributed by atoms with Crippen LogP contribution in [0, 0.1) is 10.8 Å². The molecule has 0 fully saturated rings. The predicted molar refractivity (Wildman–Crippen MR) is 148 cm³/mol. The lowest BCUT2D eigenvalue weighted by Crippen LogP contribution is -2.45. The van der Waals surface area contributed by atoms with Crippen LogP contribution in [0.4, 0.5) is 0 Å². The van der Waals surface area contributed by atoms with E-state index in [4.69, 9.17) is 14.2 Å². The van der Waals surface area contributed by atoms with E-state index in [-0.39, 0.29) is 22.4 Å². The minimum absolute atomic E-state index is 0.115. The summed E-state index contributed by atoms with van der Waals surface area (Å²) in [5, 5.41) is 0. The second kappa shape index (κ2) is 10.6. The van der Waals surface area contributed by atoms with E-state index in [0.29, 0.717) is 44.1 Å². The monoisotopic (exact) mass is 573 g/mol. The highest BCUT2D eigenvalue weighted by molar-refractivity contribution is 9.10. The van der Waals surface area contributed by atoms with Crippen molar-refractivity contribution in [3.63, 3.8) is 0 Å². The highest BCUT2D eigenvalue weighted by Crippen LogP contribution is 2.55. The van der Waals surface area contributed by atoms with Crippen LogP contribution in [0.15, 0.2) is 39.1 Å². The van der Waals surface area contributed by atoms with Crippen molar-refractivity contribution in [1.29, 1.82) is 0 Å². The third-order valence-electron chi connectivity index (χ3n) is 7.58. The maximum absolute atomic E-state index is 13.9. The smallest absolute Gasteiger partial charge is 0.175 e. The van der Waals surface area contributed by atoms with Gasteiger partial charge in [0.25, 0.3) is 0 Å². The van der Waals surface area contributed by atoms with Gasteiger partial charge in [0.15, 0.2) is 23.1 Å². The Morgan fingerprint density at radius 2 is 1.49 bits per heavy atom. The van der Waals surface area contributed by atoms with Gasteiger partial charge in [0, 0.05) is 55.0 Å². The van der Waals surface area contributed by atoms with Crippen LogP contribution in [0.2, 0.25) is 0 Å². The fraction of sp³-hybridized carbons (Fsp3) is 0.600. The van der Waals surface area contributed by atoms with Crippen LogP contribution in [0.25, 0.3) is 0 Å². The number of carbonyl (C=O) groups is 2. The number of rotatable bonds is 8. The van der Waals surface area contributed by atoms with Crippen molar-refractivity contribution in [2.45, 2.75) is 72.6 Å². The molecule has 6 nitrogen and oxygen atoms in total. The fourth-order valence-electron chi connectivity index (χ4n) is 6.08. The summed E-state index contributed by atoms with van der Waals surface area (Å²) in [6.45, 7) is 12.4. The summed E-state index contributed by atoms with van der Waals surface area (Å²) >= 11 is 3.69. The number of ketones is 2. The number of Topliss-reactive ketones (excluding diaryl/α,β-unsaturated/α-hetero) is 2. The predicted octanol–water partition coefficient (Wildman–Crippen LogP) is 6.58. The van der Waals surface area contributed by atoms with Gasteiger partial charge in [-0.15, -0.1) is 0 Å². The molecule has 3 aliphatic rings. The van der Waals surface area contributed by atoms with Gasteiger partial charge < -0.3 is 19.1 Å². The topological polar surface area (TPSA) is 65.1 Å². The molecule has 0 aromatic heterocycles. The van der Waals surface area contributed by atoms with E-state index in [0.717, 1.165) is 51.8 Å². The first-order chi connectivity index (χ1) is 17.4. The highest BCUT2D eigenvalue weighted by Gasteiger charge is 2.49. The molecule has 0 amide bonds. The molecular formula is C30H40BrNO5. The summed E-state index contributed by atoms with van der Waals surface area (Å²) in [5.74, 6) is 1.03. The molecule has 1 heterocycles. The van der Waals surface area contributed by atoms with E-state index in [2.05, 4.69) is 55.4 Å². The Kier molecular flexibility index (Phi) is 7.97. The van der Waals surface area contributed by atoms with Gasteiger partial charge in [-0.3, -0.25) is 9.59 Å². The first kappa shape index (κ1) is 27.9. The molecule has 0 spiro atoms. The molecule has 37 heavy (non-hydrogen) atoms. The number of methoxy groups -OCH3 is 2. The molecular weight excluding hydrogens is 534 g/mol. The van der Waals surface area contributed by atoms with Crippen LogP contribution in [0.3, 0.4) is 0 Å². The molecule has 202 valence electrons. The Balaban J connectivity index is 1.98. The Bertz CT molecular complexity index is 1110. The minimum Gasteiger partial charge on any atom is -0.493 e. The van der Waals surface area contributed by atoms with E-state index in [1.807, 2.05) is 12.1 Å². The van der Waals surface area contributed by atoms with E-state index >= 15 is 0 Å². The van der Waals surface area contributed by atoms with Crippen LogP contribution in [0.1, 0.15) is 78.2 Å². The number of nitrogens with zero attached hydrogens (tertiary/aromatic N) is 1. The van der Waals surface area contributed by atoms with Crippen molar-refractivity contribution in [2.75, 3.05) is 34.0 Å². The Morgan fingerprint density at radius 3 is 1.97 bits per heavy atom. The SMILES string of the molecule is CCCOc1c(Br)cc(C2C3=C(CC(C)(C)CC3=O)N(CCOC)C3=C2C(=O)CC(C)(C)C3)cc1OC. The van der Waals surface area contributed by atoms with Gasteiger partial charge in [-0.1, -0.05) is 34.6 Å². The molecule has 2 aliphatic carbocycles. The Morgan fingerprint density at radius 1 is 0.919 bits per heavy atom. The number of allylic oxidation sites excluding steroid dienone is 4. The zero-order chi connectivity index (χ0) is 27.1. The number of halogens is 1. The van der Waals surface area contributed by atoms with Gasteiger partial charge in [-0.2, -0.15) is 0 Å². The number of benzene rings is 1. The van der Waals surface area contributed by atoms with Gasteiger partial charge in [0.1, 0.15) is 0 Å². The van der Waals surface area contributed by atoms with Crippen molar-refractivity contribution in [3.05, 3.63) is 44.7 Å². The third kappa shape index (κ3) is 5.40. The lowest BCUT2D eigenvalue weighted by atomic mass is 9.63. The van der Waals surface area contributed by atoms with E-state index in [1.54, 1.807) is 14.2 Å². The van der Waals surface area contributed by atoms with Crippen molar-refractivity contribution in [2.24, 2.45) is 10.8 Å². The van der Waals surface area contributed by atoms with Gasteiger partial charge in [0.2, 0.25) is 0 Å². The summed E-state index contributed by atoms with van der Waals surface area (Å²) in [4.78, 5) is 30.0. The zero-order valence-electron chi connectivity index (χ0n) is 23.3. The Hall–Kier alpha value is -2.12. The first-order valence-electron chi connectivity index (χ1n) is 13.2. The number of ether oxygens (including phenoxy) is 3. The lowest BCUT2D eigenvalue weighted by Gasteiger charge is -2.49. The second-order valence-electron chi connectivity index (χ2n) is 12.1. The first-order valence-corrected chi connectivity index (χ1v) is 14.0. The van der Waals surface area contributed by atoms with Crippen LogP contribution < -0.4 is 9.47 Å². The highest BCUT2D eigenvalue weighted by atomic mass is 79.9. The summed E-state index contributed by atoms with van der Waals surface area (Å²) in [7, 11) is 3.31. The molecule has 0 saturated heterocycles. The molecule has 1 aromatic carbocycles. The van der Waals surface area contributed by atoms with Crippen molar-refractivity contribution in [1.82, 2.24) is 4.90 Å². The fourth-order valence-corrected chi connectivity index (χ4v) is 6.66. The lowest BCUT2D eigenvalue weighted by molar-refractivity contribution is -0.119. The largest absolute Gasteiger partial charge is 0.493 e. The number of hydrogen-bond donors (Lipinski definition) is 0. The van der Waals surface area contributed by atoms with Crippen molar-refractivity contribution in [3.8, 4) is 11.5 Å². The van der Waals surface area contributed by atoms with Gasteiger partial charge >= 0.3 is 0 Å². The average molecular weight is 575 g/mol. The van der Waals surface area contributed by atoms with Crippen LogP contribution >= 0.6 is 15.9 Å². The third-order valence-corrected chi connectivity index (χ3v) is 8.17. The molecule has 7 heteroatoms. The standard InChI is InChI=1S/C30H40BrNO5/c1-8-10-37-28-19(31)12-18(13-24(28)36-7)25-26-20(14-29(2,3)16-22(26)33)32(9-11-35-6)21-15-30(4,5)17-23(34)27(21)25/h12-13,25H,8-11,14-17H2,1-7H3. The van der Waals surface area contributed by atoms with Gasteiger partial charge in [0.05, 0.1) is 24.8 Å². The molecule has 0 saturated carbocycles. The maximum Gasteiger partial charge on any atom is 0.175 e. The Labute approximate surface area is 229 Å². The molecule has 1 aliphatic heterocycles. The average Bonchev–Trinajstić information content (AvgIpc) is 2.79. The number of carbonyl (C=O) groups excluding carboxylic acids is 2. The van der Waals surface area contributed by atoms with Gasteiger partial charge in [-0.05, 0) is 63.7 Å². The van der Waals surface area contributed by atoms with Gasteiger partial charge in [-0.25, -0.2) is 0 Å². The van der Waals surface area contributed by atoms with Crippen LogP contribution in [-0.4, -0.2) is 50.4 Å². The molecule has 0 bridgehead atoms. The molecule has 4 rings (SSSR count). The molecule has 0 atom stereocenters. The summed E-state index contributed by atoms with van der Waals surface area (Å²) in [5.41, 5.74) is 4.13. The van der Waals surface area contributed by atoms with Crippen LogP contribution in [0.5, 0.6) is 11.5 Å². The van der Waals surface area contributed by atoms with Crippen LogP contribution in [-0.2, 0) is 14.3 Å². The van der Waals surface area contributed by atoms with Crippen molar-refractivity contribution >= 4 is 27.5 Å². The molecule has 0 N–H and O–H groups in total. The molecule has 1 aromatic rings. The van der Waals surface area contributed by atoms with E-state index in [9.17, 15) is 9.59 Å². The quantitative estimate of drug-likeness (QED) is 0.350. The minimum atomic E-state index is -0.429. The number of hydrogen-bond acceptors (Lipinski definition) is 6. The maximum atomic E-state index is 13.9. The summed E-state index contributed by atoms with van der Waals surface area (Å²) in [6, 6.07) is 3.94. The second-order valence-corrected chi connectivity index (χ2v) is 12.9. The normalized spacial score (nSPS) is 21.2. The van der Waals surface area contributed by atoms with E-state index < -0.39 is 5.92 Å². The molecule has 0 radical (unpaired) electrons. The summed E-state index contributed by atoms with van der Waals surface area (Å²) in [6.07, 6.45) is 3.33.